The number of phosphoric acid groups is 1. The van der Waals surface area contributed by atoms with Crippen LogP contribution in [-0.4, -0.2) is 36.7 Å². The molecule has 4 rings (SSSR count). The number of nitrogens with zero attached hydrogens (tertiary/aromatic N) is 4. The summed E-state index contributed by atoms with van der Waals surface area (Å²) in [5, 5.41) is 13.2. The van der Waals surface area contributed by atoms with Gasteiger partial charge in [0.1, 0.15) is 10.0 Å². The van der Waals surface area contributed by atoms with Gasteiger partial charge in [0.05, 0.1) is 12.1 Å². The average molecular weight is 459 g/mol. The molecule has 31 heavy (non-hydrogen) atoms. The van der Waals surface area contributed by atoms with Crippen molar-refractivity contribution < 1.29 is 23.4 Å². The molecule has 0 spiro atoms. The molecule has 0 radical (unpaired) electrons. The zero-order chi connectivity index (χ0) is 22.1. The fourth-order valence-corrected chi connectivity index (χ4v) is 3.98. The molecule has 0 saturated carbocycles. The first kappa shape index (κ1) is 21.4. The number of rotatable bonds is 7. The molecule has 4 aromatic rings. The number of phosphoric ester groups is 1. The molecule has 0 aliphatic heterocycles. The molecule has 0 saturated heterocycles. The van der Waals surface area contributed by atoms with Gasteiger partial charge >= 0.3 is 7.82 Å². The third kappa shape index (κ3) is 5.10. The van der Waals surface area contributed by atoms with Crippen LogP contribution in [0.4, 0.5) is 0 Å². The molecule has 12 heteroatoms. The molecule has 2 heterocycles. The van der Waals surface area contributed by atoms with Crippen molar-refractivity contribution in [3.8, 4) is 33.4 Å². The van der Waals surface area contributed by atoms with E-state index in [9.17, 15) is 4.57 Å². The zero-order valence-electron chi connectivity index (χ0n) is 16.2. The van der Waals surface area contributed by atoms with Gasteiger partial charge in [-0.05, 0) is 19.1 Å². The SMILES string of the molecule is C[C@](N)(COP(=O)(O)O)c1nnc(-c2ccc(-c3noc(-c4ccccc4)n3)cc2)s1. The largest absolute Gasteiger partial charge is 0.469 e. The molecule has 1 atom stereocenters. The van der Waals surface area contributed by atoms with Crippen molar-refractivity contribution in [2.24, 2.45) is 5.73 Å². The first-order chi connectivity index (χ1) is 14.7. The Labute approximate surface area is 181 Å². The summed E-state index contributed by atoms with van der Waals surface area (Å²) in [5.74, 6) is 0.903. The van der Waals surface area contributed by atoms with Crippen molar-refractivity contribution in [1.29, 1.82) is 0 Å². The van der Waals surface area contributed by atoms with E-state index in [0.717, 1.165) is 16.7 Å². The molecule has 160 valence electrons. The number of hydrogen-bond donors (Lipinski definition) is 3. The number of nitrogens with two attached hydrogens (primary N) is 1. The molecule has 0 aliphatic rings. The van der Waals surface area contributed by atoms with Crippen molar-refractivity contribution >= 4 is 19.2 Å². The Hall–Kier alpha value is -2.79. The molecule has 2 aromatic heterocycles. The van der Waals surface area contributed by atoms with Crippen LogP contribution >= 0.6 is 19.2 Å². The number of hydrogen-bond acceptors (Lipinski definition) is 9. The Bertz CT molecular complexity index is 1220. The quantitative estimate of drug-likeness (QED) is 0.350. The predicted octanol–water partition coefficient (Wildman–Crippen LogP) is 3.21. The standard InChI is InChI=1S/C19H18N5O5PS/c1-19(20,11-28-30(25,26)27)18-23-22-17(31-18)14-9-7-12(8-10-14)15-21-16(29-24-15)13-5-3-2-4-6-13/h2-10H,11,20H2,1H3,(H2,25,26,27)/t19-/m0/s1. The zero-order valence-corrected chi connectivity index (χ0v) is 18.0. The Morgan fingerprint density at radius 2 is 1.74 bits per heavy atom. The van der Waals surface area contributed by atoms with E-state index in [-0.39, 0.29) is 0 Å². The van der Waals surface area contributed by atoms with Gasteiger partial charge in [0.2, 0.25) is 5.82 Å². The van der Waals surface area contributed by atoms with Gasteiger partial charge < -0.3 is 20.0 Å². The second-order valence-corrected chi connectivity index (χ2v) is 9.18. The summed E-state index contributed by atoms with van der Waals surface area (Å²) in [6.45, 7) is 1.17. The second kappa shape index (κ2) is 8.39. The second-order valence-electron chi connectivity index (χ2n) is 6.96. The van der Waals surface area contributed by atoms with Gasteiger partial charge in [0.15, 0.2) is 0 Å². The topological polar surface area (TPSA) is 157 Å². The first-order valence-electron chi connectivity index (χ1n) is 9.04. The highest BCUT2D eigenvalue weighted by molar-refractivity contribution is 7.46. The minimum absolute atomic E-state index is 0.394. The highest BCUT2D eigenvalue weighted by atomic mass is 32.1. The third-order valence-electron chi connectivity index (χ3n) is 4.28. The normalized spacial score (nSPS) is 13.8. The van der Waals surface area contributed by atoms with Crippen LogP contribution in [0.5, 0.6) is 0 Å². The monoisotopic (exact) mass is 459 g/mol. The van der Waals surface area contributed by atoms with Crippen LogP contribution in [0.1, 0.15) is 11.9 Å². The fraction of sp³-hybridized carbons (Fsp3) is 0.158. The van der Waals surface area contributed by atoms with Crippen molar-refractivity contribution in [1.82, 2.24) is 20.3 Å². The van der Waals surface area contributed by atoms with E-state index in [1.807, 2.05) is 54.6 Å². The van der Waals surface area contributed by atoms with Crippen LogP contribution in [0.15, 0.2) is 59.1 Å². The molecule has 0 bridgehead atoms. The minimum atomic E-state index is -4.63. The fourth-order valence-electron chi connectivity index (χ4n) is 2.65. The van der Waals surface area contributed by atoms with Gasteiger partial charge in [0, 0.05) is 16.7 Å². The van der Waals surface area contributed by atoms with Crippen LogP contribution < -0.4 is 5.73 Å². The summed E-state index contributed by atoms with van der Waals surface area (Å²) < 4.78 is 20.8. The van der Waals surface area contributed by atoms with E-state index in [0.29, 0.717) is 21.7 Å². The molecule has 0 amide bonds. The maximum Gasteiger partial charge on any atom is 0.469 e. The highest BCUT2D eigenvalue weighted by Crippen LogP contribution is 2.38. The predicted molar refractivity (Wildman–Crippen MR) is 114 cm³/mol. The van der Waals surface area contributed by atoms with Gasteiger partial charge in [-0.15, -0.1) is 10.2 Å². The molecular formula is C19H18N5O5PS. The van der Waals surface area contributed by atoms with E-state index >= 15 is 0 Å². The Morgan fingerprint density at radius 3 is 2.42 bits per heavy atom. The molecule has 0 unspecified atom stereocenters. The van der Waals surface area contributed by atoms with Crippen molar-refractivity contribution in [3.05, 3.63) is 59.6 Å². The summed E-state index contributed by atoms with van der Waals surface area (Å²) in [7, 11) is -4.63. The van der Waals surface area contributed by atoms with E-state index in [1.165, 1.54) is 11.3 Å². The molecule has 2 aromatic carbocycles. The summed E-state index contributed by atoms with van der Waals surface area (Å²) in [4.78, 5) is 22.2. The average Bonchev–Trinajstić information content (AvgIpc) is 3.43. The smallest absolute Gasteiger partial charge is 0.334 e. The van der Waals surface area contributed by atoms with E-state index in [2.05, 4.69) is 24.9 Å². The minimum Gasteiger partial charge on any atom is -0.334 e. The number of aromatic nitrogens is 4. The lowest BCUT2D eigenvalue weighted by molar-refractivity contribution is 0.158. The Balaban J connectivity index is 1.50. The van der Waals surface area contributed by atoms with Gasteiger partial charge in [-0.25, -0.2) is 4.57 Å². The lowest BCUT2D eigenvalue weighted by Crippen LogP contribution is -2.37. The molecular weight excluding hydrogens is 441 g/mol. The van der Waals surface area contributed by atoms with Crippen LogP contribution in [0, 0.1) is 0 Å². The summed E-state index contributed by atoms with van der Waals surface area (Å²) >= 11 is 1.22. The highest BCUT2D eigenvalue weighted by Gasteiger charge is 2.30. The van der Waals surface area contributed by atoms with Gasteiger partial charge in [-0.2, -0.15) is 4.98 Å². The molecule has 10 nitrogen and oxygen atoms in total. The van der Waals surface area contributed by atoms with Crippen molar-refractivity contribution in [3.63, 3.8) is 0 Å². The van der Waals surface area contributed by atoms with Crippen molar-refractivity contribution in [2.75, 3.05) is 6.61 Å². The summed E-state index contributed by atoms with van der Waals surface area (Å²) in [6, 6.07) is 16.9. The van der Waals surface area contributed by atoms with Gasteiger partial charge in [0.25, 0.3) is 5.89 Å². The Morgan fingerprint density at radius 1 is 1.06 bits per heavy atom. The molecule has 4 N–H and O–H groups in total. The van der Waals surface area contributed by atoms with Crippen LogP contribution in [0.25, 0.3) is 33.4 Å². The summed E-state index contributed by atoms with van der Waals surface area (Å²) in [6.07, 6.45) is 0. The number of benzene rings is 2. The third-order valence-corrected chi connectivity index (χ3v) is 6.00. The van der Waals surface area contributed by atoms with Crippen LogP contribution in [-0.2, 0) is 14.6 Å². The van der Waals surface area contributed by atoms with Crippen molar-refractivity contribution in [2.45, 2.75) is 12.5 Å². The maximum absolute atomic E-state index is 10.9. The molecule has 0 fully saturated rings. The first-order valence-corrected chi connectivity index (χ1v) is 11.4. The maximum atomic E-state index is 10.9. The lowest BCUT2D eigenvalue weighted by Gasteiger charge is -2.20. The van der Waals surface area contributed by atoms with Crippen LogP contribution in [0.3, 0.4) is 0 Å². The summed E-state index contributed by atoms with van der Waals surface area (Å²) in [5.41, 5.74) is 7.31. The van der Waals surface area contributed by atoms with Gasteiger partial charge in [-0.1, -0.05) is 59.0 Å². The van der Waals surface area contributed by atoms with Gasteiger partial charge in [-0.3, -0.25) is 4.52 Å². The van der Waals surface area contributed by atoms with E-state index in [1.54, 1.807) is 6.92 Å². The lowest BCUT2D eigenvalue weighted by atomic mass is 10.1. The van der Waals surface area contributed by atoms with E-state index in [4.69, 9.17) is 20.0 Å². The molecule has 0 aliphatic carbocycles. The Kier molecular flexibility index (Phi) is 5.80. The van der Waals surface area contributed by atoms with E-state index < -0.39 is 20.0 Å². The van der Waals surface area contributed by atoms with Crippen LogP contribution in [0.2, 0.25) is 0 Å².